The van der Waals surface area contributed by atoms with Gasteiger partial charge in [0.2, 0.25) is 0 Å². The van der Waals surface area contributed by atoms with Crippen LogP contribution < -0.4 is 0 Å². The number of ketones is 1. The van der Waals surface area contributed by atoms with Crippen LogP contribution in [0.25, 0.3) is 0 Å². The summed E-state index contributed by atoms with van der Waals surface area (Å²) in [4.78, 5) is 16.1. The van der Waals surface area contributed by atoms with Crippen LogP contribution in [-0.4, -0.2) is 55.4 Å². The summed E-state index contributed by atoms with van der Waals surface area (Å²) in [5.41, 5.74) is 0. The minimum Gasteiger partial charge on any atom is -0.306 e. The molecule has 0 spiro atoms. The van der Waals surface area contributed by atoms with Crippen molar-refractivity contribution < 1.29 is 4.79 Å². The maximum atomic E-state index is 11.3. The molecule has 2 aliphatic rings. The summed E-state index contributed by atoms with van der Waals surface area (Å²) in [5.74, 6) is 1.30. The molecule has 1 aliphatic carbocycles. The number of rotatable bonds is 3. The third-order valence-electron chi connectivity index (χ3n) is 4.23. The number of likely N-dealkylation sites (tertiary alicyclic amines) is 1. The van der Waals surface area contributed by atoms with Crippen LogP contribution in [0.4, 0.5) is 0 Å². The van der Waals surface area contributed by atoms with Crippen molar-refractivity contribution in [1.82, 2.24) is 9.80 Å². The van der Waals surface area contributed by atoms with Crippen molar-refractivity contribution in [2.24, 2.45) is 5.92 Å². The number of piperidine rings is 1. The van der Waals surface area contributed by atoms with Gasteiger partial charge in [0, 0.05) is 25.4 Å². The minimum atomic E-state index is 0.459. The summed E-state index contributed by atoms with van der Waals surface area (Å²) >= 11 is 0. The van der Waals surface area contributed by atoms with Crippen molar-refractivity contribution in [3.8, 4) is 0 Å². The van der Waals surface area contributed by atoms with E-state index in [1.54, 1.807) is 0 Å². The van der Waals surface area contributed by atoms with Gasteiger partial charge < -0.3 is 9.80 Å². The molecule has 0 aromatic carbocycles. The van der Waals surface area contributed by atoms with Gasteiger partial charge in [-0.1, -0.05) is 0 Å². The number of carbonyl (C=O) groups is 1. The summed E-state index contributed by atoms with van der Waals surface area (Å²) in [6, 6.07) is 0.534. The van der Waals surface area contributed by atoms with Crippen molar-refractivity contribution in [3.05, 3.63) is 0 Å². The molecule has 92 valence electrons. The molecule has 0 radical (unpaired) electrons. The molecule has 16 heavy (non-hydrogen) atoms. The fourth-order valence-corrected chi connectivity index (χ4v) is 2.97. The van der Waals surface area contributed by atoms with Crippen molar-refractivity contribution in [2.75, 3.05) is 33.7 Å². The van der Waals surface area contributed by atoms with Crippen LogP contribution in [0.3, 0.4) is 0 Å². The largest absolute Gasteiger partial charge is 0.306 e. The molecule has 1 unspecified atom stereocenters. The van der Waals surface area contributed by atoms with Gasteiger partial charge in [-0.3, -0.25) is 4.79 Å². The monoisotopic (exact) mass is 224 g/mol. The molecule has 1 aliphatic heterocycles. The highest BCUT2D eigenvalue weighted by Crippen LogP contribution is 2.23. The zero-order chi connectivity index (χ0) is 11.5. The molecule has 0 amide bonds. The van der Waals surface area contributed by atoms with E-state index in [0.29, 0.717) is 11.8 Å². The van der Waals surface area contributed by atoms with Gasteiger partial charge in [0.05, 0.1) is 0 Å². The Morgan fingerprint density at radius 1 is 1.31 bits per heavy atom. The van der Waals surface area contributed by atoms with Crippen LogP contribution in [0, 0.1) is 5.92 Å². The van der Waals surface area contributed by atoms with Gasteiger partial charge in [-0.15, -0.1) is 0 Å². The smallest absolute Gasteiger partial charge is 0.134 e. The van der Waals surface area contributed by atoms with Crippen molar-refractivity contribution in [1.29, 1.82) is 0 Å². The van der Waals surface area contributed by atoms with E-state index < -0.39 is 0 Å². The molecular formula is C13H24N2O. The lowest BCUT2D eigenvalue weighted by atomic mass is 9.96. The summed E-state index contributed by atoms with van der Waals surface area (Å²) in [6.07, 6.45) is 5.33. The molecule has 1 atom stereocenters. The first-order chi connectivity index (χ1) is 7.65. The van der Waals surface area contributed by atoms with Gasteiger partial charge in [0.25, 0.3) is 0 Å². The van der Waals surface area contributed by atoms with Crippen LogP contribution in [0.2, 0.25) is 0 Å². The summed E-state index contributed by atoms with van der Waals surface area (Å²) in [6.45, 7) is 3.66. The Balaban J connectivity index is 1.74. The predicted octanol–water partition coefficient (Wildman–Crippen LogP) is 1.38. The van der Waals surface area contributed by atoms with Gasteiger partial charge in [-0.05, 0) is 52.4 Å². The molecule has 0 bridgehead atoms. The fraction of sp³-hybridized carbons (Fsp3) is 0.923. The first kappa shape index (κ1) is 12.1. The topological polar surface area (TPSA) is 23.6 Å². The summed E-state index contributed by atoms with van der Waals surface area (Å²) in [7, 11) is 4.40. The standard InChI is InChI=1S/C13H24N2O/c1-14-7-5-11(6-8-14)10-15(2)12-3-4-13(16)9-12/h11-12H,3-10H2,1-2H3. The van der Waals surface area contributed by atoms with Crippen LogP contribution >= 0.6 is 0 Å². The SMILES string of the molecule is CN1CCC(CN(C)C2CCC(=O)C2)CC1. The molecule has 1 heterocycles. The number of nitrogens with zero attached hydrogens (tertiary/aromatic N) is 2. The highest BCUT2D eigenvalue weighted by molar-refractivity contribution is 5.81. The lowest BCUT2D eigenvalue weighted by Gasteiger charge is -2.33. The van der Waals surface area contributed by atoms with Gasteiger partial charge >= 0.3 is 0 Å². The lowest BCUT2D eigenvalue weighted by Crippen LogP contribution is -2.39. The first-order valence-corrected chi connectivity index (χ1v) is 6.55. The summed E-state index contributed by atoms with van der Waals surface area (Å²) in [5, 5.41) is 0. The van der Waals surface area contributed by atoms with E-state index in [4.69, 9.17) is 0 Å². The second kappa shape index (κ2) is 5.28. The number of hydrogen-bond donors (Lipinski definition) is 0. The molecular weight excluding hydrogens is 200 g/mol. The van der Waals surface area contributed by atoms with E-state index in [2.05, 4.69) is 23.9 Å². The molecule has 0 aromatic heterocycles. The van der Waals surface area contributed by atoms with Gasteiger partial charge in [0.15, 0.2) is 0 Å². The average molecular weight is 224 g/mol. The normalized spacial score (nSPS) is 29.2. The molecule has 1 saturated heterocycles. The number of carbonyl (C=O) groups excluding carboxylic acids is 1. The van der Waals surface area contributed by atoms with Crippen LogP contribution in [-0.2, 0) is 4.79 Å². The predicted molar refractivity (Wildman–Crippen MR) is 65.5 cm³/mol. The molecule has 3 nitrogen and oxygen atoms in total. The van der Waals surface area contributed by atoms with Crippen LogP contribution in [0.5, 0.6) is 0 Å². The van der Waals surface area contributed by atoms with E-state index in [1.807, 2.05) is 0 Å². The maximum absolute atomic E-state index is 11.3. The quantitative estimate of drug-likeness (QED) is 0.723. The minimum absolute atomic E-state index is 0.459. The molecule has 0 N–H and O–H groups in total. The Labute approximate surface area is 98.8 Å². The highest BCUT2D eigenvalue weighted by atomic mass is 16.1. The molecule has 1 saturated carbocycles. The van der Waals surface area contributed by atoms with E-state index in [0.717, 1.165) is 25.2 Å². The van der Waals surface area contributed by atoms with Crippen molar-refractivity contribution in [3.63, 3.8) is 0 Å². The molecule has 0 aromatic rings. The Bertz CT molecular complexity index is 246. The maximum Gasteiger partial charge on any atom is 0.134 e. The molecule has 3 heteroatoms. The number of Topliss-reactive ketones (excluding diaryl/α,β-unsaturated/α-hetero) is 1. The van der Waals surface area contributed by atoms with Gasteiger partial charge in [-0.25, -0.2) is 0 Å². The summed E-state index contributed by atoms with van der Waals surface area (Å²) < 4.78 is 0. The highest BCUT2D eigenvalue weighted by Gasteiger charge is 2.27. The van der Waals surface area contributed by atoms with E-state index in [1.165, 1.54) is 32.5 Å². The second-order valence-electron chi connectivity index (χ2n) is 5.62. The Morgan fingerprint density at radius 2 is 2.00 bits per heavy atom. The second-order valence-corrected chi connectivity index (χ2v) is 5.62. The third kappa shape index (κ3) is 3.05. The lowest BCUT2D eigenvalue weighted by molar-refractivity contribution is -0.117. The van der Waals surface area contributed by atoms with Gasteiger partial charge in [0.1, 0.15) is 5.78 Å². The van der Waals surface area contributed by atoms with E-state index in [9.17, 15) is 4.79 Å². The van der Waals surface area contributed by atoms with Crippen molar-refractivity contribution >= 4 is 5.78 Å². The van der Waals surface area contributed by atoms with Crippen molar-refractivity contribution in [2.45, 2.75) is 38.1 Å². The van der Waals surface area contributed by atoms with E-state index >= 15 is 0 Å². The van der Waals surface area contributed by atoms with Crippen LogP contribution in [0.15, 0.2) is 0 Å². The Morgan fingerprint density at radius 3 is 2.56 bits per heavy atom. The van der Waals surface area contributed by atoms with Gasteiger partial charge in [-0.2, -0.15) is 0 Å². The molecule has 2 rings (SSSR count). The molecule has 2 fully saturated rings. The Kier molecular flexibility index (Phi) is 3.98. The number of hydrogen-bond acceptors (Lipinski definition) is 3. The van der Waals surface area contributed by atoms with E-state index in [-0.39, 0.29) is 0 Å². The Hall–Kier alpha value is -0.410. The zero-order valence-electron chi connectivity index (χ0n) is 10.6. The fourth-order valence-electron chi connectivity index (χ4n) is 2.97. The third-order valence-corrected chi connectivity index (χ3v) is 4.23. The zero-order valence-corrected chi connectivity index (χ0v) is 10.6. The van der Waals surface area contributed by atoms with Crippen LogP contribution in [0.1, 0.15) is 32.1 Å². The average Bonchev–Trinajstić information content (AvgIpc) is 2.68. The first-order valence-electron chi connectivity index (χ1n) is 6.55.